The number of nitrogens with two attached hydrogens (primary N) is 1. The highest BCUT2D eigenvalue weighted by atomic mass is 16.1. The Kier molecular flexibility index (Phi) is 8.51. The molecule has 88 valence electrons. The number of hydrogen-bond acceptors (Lipinski definition) is 3. The standard InChI is InChI=1S/C11H9N4O.H3N/c1-2-8(10(6-13)7-14)3-4-9(5-12)11(15)16;/h3-4H,2H2,1H3,(H2,15,16);1H3/q-1;/p+1/b8-3+,9-4-;. The van der Waals surface area contributed by atoms with Gasteiger partial charge in [0.15, 0.2) is 0 Å². The van der Waals surface area contributed by atoms with Gasteiger partial charge in [-0.25, -0.2) is 0 Å². The molecule has 6 heteroatoms. The van der Waals surface area contributed by atoms with Crippen molar-refractivity contribution in [1.29, 1.82) is 10.5 Å². The van der Waals surface area contributed by atoms with E-state index in [-0.39, 0.29) is 17.3 Å². The third kappa shape index (κ3) is 5.10. The maximum Gasteiger partial charge on any atom is 0.259 e. The Bertz CT molecular complexity index is 481. The van der Waals surface area contributed by atoms with Crippen molar-refractivity contribution in [2.75, 3.05) is 0 Å². The van der Waals surface area contributed by atoms with Gasteiger partial charge in [0.25, 0.3) is 5.91 Å². The van der Waals surface area contributed by atoms with Gasteiger partial charge in [-0.05, 0) is 18.1 Å². The van der Waals surface area contributed by atoms with Crippen molar-refractivity contribution in [3.8, 4) is 12.1 Å². The summed E-state index contributed by atoms with van der Waals surface area (Å²) in [6, 6.07) is 3.36. The molecule has 6 N–H and O–H groups in total. The predicted molar refractivity (Wildman–Crippen MR) is 64.7 cm³/mol. The normalized spacial score (nSPS) is 10.3. The first kappa shape index (κ1) is 16.8. The van der Waals surface area contributed by atoms with Crippen LogP contribution >= 0.6 is 0 Å². The first-order valence-corrected chi connectivity index (χ1v) is 4.38. The zero-order valence-corrected chi connectivity index (χ0v) is 9.69. The Morgan fingerprint density at radius 1 is 1.35 bits per heavy atom. The number of carbonyl (C=O) groups excluding carboxylic acids is 1. The lowest BCUT2D eigenvalue weighted by atomic mass is 10.1. The van der Waals surface area contributed by atoms with Gasteiger partial charge < -0.3 is 17.3 Å². The van der Waals surface area contributed by atoms with Crippen LogP contribution in [0.2, 0.25) is 0 Å². The quantitative estimate of drug-likeness (QED) is 0.325. The molecule has 0 saturated heterocycles. The third-order valence-electron chi connectivity index (χ3n) is 1.76. The van der Waals surface area contributed by atoms with Gasteiger partial charge in [0.1, 0.15) is 17.7 Å². The molecule has 1 amide bonds. The Morgan fingerprint density at radius 2 is 1.94 bits per heavy atom. The molecule has 0 aliphatic rings. The van der Waals surface area contributed by atoms with Crippen LogP contribution in [0, 0.1) is 22.7 Å². The smallest absolute Gasteiger partial charge is 0.259 e. The molecule has 0 bridgehead atoms. The number of allylic oxidation sites excluding steroid dienone is 4. The summed E-state index contributed by atoms with van der Waals surface area (Å²) in [4.78, 5) is 10.7. The number of primary amides is 1. The summed E-state index contributed by atoms with van der Waals surface area (Å²) >= 11 is 0. The van der Waals surface area contributed by atoms with Crippen molar-refractivity contribution >= 4 is 11.8 Å². The summed E-state index contributed by atoms with van der Waals surface area (Å²) in [6.07, 6.45) is 3.03. The fourth-order valence-corrected chi connectivity index (χ4v) is 0.905. The van der Waals surface area contributed by atoms with Crippen LogP contribution < -0.4 is 11.9 Å². The highest BCUT2D eigenvalue weighted by Crippen LogP contribution is 2.11. The number of quaternary nitrogens is 1. The molecule has 0 fully saturated rings. The fourth-order valence-electron chi connectivity index (χ4n) is 0.905. The lowest BCUT2D eigenvalue weighted by molar-refractivity contribution is -0.114. The van der Waals surface area contributed by atoms with E-state index in [1.807, 2.05) is 0 Å². The van der Waals surface area contributed by atoms with Crippen LogP contribution in [0.1, 0.15) is 13.3 Å². The van der Waals surface area contributed by atoms with Crippen LogP contribution in [0.25, 0.3) is 5.41 Å². The molecule has 0 aliphatic heterocycles. The molecule has 0 aromatic rings. The summed E-state index contributed by atoms with van der Waals surface area (Å²) in [6.45, 7) is 1.75. The largest absolute Gasteiger partial charge is 0.762 e. The zero-order valence-electron chi connectivity index (χ0n) is 9.69. The molecule has 6 nitrogen and oxygen atoms in total. The number of amides is 1. The number of rotatable bonds is 4. The minimum Gasteiger partial charge on any atom is -0.762 e. The Labute approximate surface area is 99.4 Å². The van der Waals surface area contributed by atoms with Gasteiger partial charge in [-0.1, -0.05) is 13.0 Å². The second-order valence-corrected chi connectivity index (χ2v) is 2.70. The predicted octanol–water partition coefficient (Wildman–Crippen LogP) is 1.32. The molecule has 0 radical (unpaired) electrons. The summed E-state index contributed by atoms with van der Waals surface area (Å²) < 4.78 is 0. The molecule has 0 heterocycles. The lowest BCUT2D eigenvalue weighted by Crippen LogP contribution is -2.12. The molecular weight excluding hydrogens is 218 g/mol. The van der Waals surface area contributed by atoms with Crippen molar-refractivity contribution in [3.63, 3.8) is 0 Å². The van der Waals surface area contributed by atoms with Gasteiger partial charge in [0.05, 0.1) is 5.57 Å². The second kappa shape index (κ2) is 8.63. The molecule has 0 aromatic heterocycles. The van der Waals surface area contributed by atoms with Crippen molar-refractivity contribution in [2.45, 2.75) is 13.3 Å². The summed E-state index contributed by atoms with van der Waals surface area (Å²) in [5.41, 5.74) is 5.12. The van der Waals surface area contributed by atoms with E-state index in [0.717, 1.165) is 0 Å². The Hall–Kier alpha value is -2.66. The highest BCUT2D eigenvalue weighted by molar-refractivity contribution is 5.96. The summed E-state index contributed by atoms with van der Waals surface area (Å²) in [5, 5.41) is 25.8. The van der Waals surface area contributed by atoms with Crippen LogP contribution in [0.15, 0.2) is 28.9 Å². The first-order chi connectivity index (χ1) is 7.60. The number of hydrogen-bond donors (Lipinski definition) is 2. The van der Waals surface area contributed by atoms with E-state index in [1.165, 1.54) is 12.2 Å². The molecule has 17 heavy (non-hydrogen) atoms. The van der Waals surface area contributed by atoms with Gasteiger partial charge in [0.2, 0.25) is 0 Å². The van der Waals surface area contributed by atoms with Gasteiger partial charge >= 0.3 is 0 Å². The first-order valence-electron chi connectivity index (χ1n) is 4.38. The van der Waals surface area contributed by atoms with Gasteiger partial charge in [-0.15, -0.1) is 0 Å². The van der Waals surface area contributed by atoms with Crippen LogP contribution in [-0.2, 0) is 4.79 Å². The topological polar surface area (TPSA) is 149 Å². The molecule has 0 aromatic carbocycles. The molecular formula is C11H13N5O. The maximum atomic E-state index is 10.7. The lowest BCUT2D eigenvalue weighted by Gasteiger charge is -1.99. The molecule has 0 unspecified atom stereocenters. The molecule has 0 saturated carbocycles. The monoisotopic (exact) mass is 231 g/mol. The van der Waals surface area contributed by atoms with Gasteiger partial charge in [0, 0.05) is 0 Å². The number of nitrogens with zero attached hydrogens (tertiary/aromatic N) is 3. The van der Waals surface area contributed by atoms with Gasteiger partial charge in [-0.3, -0.25) is 10.7 Å². The van der Waals surface area contributed by atoms with Crippen LogP contribution in [0.5, 0.6) is 0 Å². The van der Waals surface area contributed by atoms with E-state index in [0.29, 0.717) is 12.0 Å². The third-order valence-corrected chi connectivity index (χ3v) is 1.76. The molecule has 0 atom stereocenters. The summed E-state index contributed by atoms with van der Waals surface area (Å²) in [5.74, 6) is 0.890. The molecule has 0 rings (SSSR count). The van der Waals surface area contributed by atoms with Crippen molar-refractivity contribution < 1.29 is 4.79 Å². The van der Waals surface area contributed by atoms with E-state index in [2.05, 4.69) is 0 Å². The summed E-state index contributed by atoms with van der Waals surface area (Å²) in [7, 11) is 0. The van der Waals surface area contributed by atoms with Crippen molar-refractivity contribution in [1.82, 2.24) is 6.15 Å². The fraction of sp³-hybridized carbons (Fsp3) is 0.182. The number of carbonyl (C=O) groups is 1. The minimum absolute atomic E-state index is 0. The van der Waals surface area contributed by atoms with E-state index in [4.69, 9.17) is 21.7 Å². The minimum atomic E-state index is -0.843. The number of nitriles is 2. The molecule has 0 spiro atoms. The Morgan fingerprint density at radius 3 is 2.24 bits per heavy atom. The van der Waals surface area contributed by atoms with Crippen LogP contribution in [0.4, 0.5) is 0 Å². The highest BCUT2D eigenvalue weighted by Gasteiger charge is 2.02. The van der Waals surface area contributed by atoms with E-state index in [1.54, 1.807) is 24.9 Å². The average molecular weight is 231 g/mol. The SMILES string of the molecule is CC/C(=C\C=C(\C#N)C(N)=O)C(=C=[N-])C#N.[NH4+]. The maximum absolute atomic E-state index is 10.7. The van der Waals surface area contributed by atoms with E-state index >= 15 is 0 Å². The van der Waals surface area contributed by atoms with Gasteiger partial charge in [-0.2, -0.15) is 10.5 Å². The van der Waals surface area contributed by atoms with Crippen molar-refractivity contribution in [2.24, 2.45) is 5.73 Å². The van der Waals surface area contributed by atoms with E-state index < -0.39 is 5.91 Å². The Balaban J connectivity index is 0. The van der Waals surface area contributed by atoms with E-state index in [9.17, 15) is 4.79 Å². The zero-order chi connectivity index (χ0) is 12.6. The van der Waals surface area contributed by atoms with Crippen LogP contribution in [-0.4, -0.2) is 11.8 Å². The molecule has 0 aliphatic carbocycles. The second-order valence-electron chi connectivity index (χ2n) is 2.70. The van der Waals surface area contributed by atoms with Crippen molar-refractivity contribution in [3.05, 3.63) is 34.3 Å². The average Bonchev–Trinajstić information content (AvgIpc) is 2.28. The van der Waals surface area contributed by atoms with Crippen LogP contribution in [0.3, 0.4) is 0 Å².